The topological polar surface area (TPSA) is 46.2 Å². The van der Waals surface area contributed by atoms with Gasteiger partial charge in [-0.05, 0) is 38.5 Å². The summed E-state index contributed by atoms with van der Waals surface area (Å²) >= 11 is 0. The van der Waals surface area contributed by atoms with Crippen molar-refractivity contribution in [2.45, 2.75) is 58.8 Å². The van der Waals surface area contributed by atoms with Crippen LogP contribution in [0.5, 0.6) is 0 Å². The van der Waals surface area contributed by atoms with Gasteiger partial charge in [-0.1, -0.05) is 26.2 Å². The Kier molecular flexibility index (Phi) is 6.23. The molecule has 0 aromatic heterocycles. The van der Waals surface area contributed by atoms with E-state index in [4.69, 9.17) is 0 Å². The molecule has 1 aliphatic rings. The number of carbonyl (C=O) groups is 2. The summed E-state index contributed by atoms with van der Waals surface area (Å²) in [6.07, 6.45) is 8.25. The Morgan fingerprint density at radius 1 is 1.18 bits per heavy atom. The number of unbranched alkanes of at least 4 members (excludes halogenated alkanes) is 1. The zero-order chi connectivity index (χ0) is 12.7. The lowest BCUT2D eigenvalue weighted by molar-refractivity contribution is -0.128. The standard InChI is InChI=1S/C14H25NO2/c1-3-4-5-12-6-8-13(9-7-12)14(17)15-10-11(2)16/h12-13H,3-10H2,1-2H3,(H,15,17). The molecule has 1 saturated carbocycles. The third kappa shape index (κ3) is 5.33. The van der Waals surface area contributed by atoms with Gasteiger partial charge >= 0.3 is 0 Å². The van der Waals surface area contributed by atoms with Gasteiger partial charge in [0.05, 0.1) is 6.54 Å². The summed E-state index contributed by atoms with van der Waals surface area (Å²) in [5, 5.41) is 2.72. The molecule has 0 radical (unpaired) electrons. The molecule has 0 heterocycles. The van der Waals surface area contributed by atoms with Gasteiger partial charge in [-0.3, -0.25) is 9.59 Å². The van der Waals surface area contributed by atoms with E-state index in [0.717, 1.165) is 18.8 Å². The highest BCUT2D eigenvalue weighted by Crippen LogP contribution is 2.31. The number of nitrogens with one attached hydrogen (secondary N) is 1. The molecule has 1 amide bonds. The van der Waals surface area contributed by atoms with Crippen LogP contribution in [0.3, 0.4) is 0 Å². The van der Waals surface area contributed by atoms with Crippen LogP contribution in [0.4, 0.5) is 0 Å². The first-order valence-corrected chi connectivity index (χ1v) is 6.90. The fourth-order valence-electron chi connectivity index (χ4n) is 2.56. The molecule has 3 heteroatoms. The minimum absolute atomic E-state index is 0.0231. The third-order valence-electron chi connectivity index (χ3n) is 3.70. The van der Waals surface area contributed by atoms with E-state index in [1.54, 1.807) is 0 Å². The Balaban J connectivity index is 2.21. The molecular weight excluding hydrogens is 214 g/mol. The lowest BCUT2D eigenvalue weighted by atomic mass is 9.79. The lowest BCUT2D eigenvalue weighted by Gasteiger charge is -2.27. The summed E-state index contributed by atoms with van der Waals surface area (Å²) in [6, 6.07) is 0. The molecule has 0 saturated heterocycles. The van der Waals surface area contributed by atoms with Crippen LogP contribution in [-0.2, 0) is 9.59 Å². The van der Waals surface area contributed by atoms with Gasteiger partial charge in [0.2, 0.25) is 5.91 Å². The van der Waals surface area contributed by atoms with Crippen LogP contribution in [0, 0.1) is 11.8 Å². The van der Waals surface area contributed by atoms with E-state index in [1.807, 2.05) is 0 Å². The molecule has 98 valence electrons. The van der Waals surface area contributed by atoms with Crippen molar-refractivity contribution >= 4 is 11.7 Å². The second kappa shape index (κ2) is 7.46. The minimum Gasteiger partial charge on any atom is -0.349 e. The van der Waals surface area contributed by atoms with E-state index in [2.05, 4.69) is 12.2 Å². The monoisotopic (exact) mass is 239 g/mol. The first-order chi connectivity index (χ1) is 8.13. The number of ketones is 1. The summed E-state index contributed by atoms with van der Waals surface area (Å²) in [6.45, 7) is 3.91. The quantitative estimate of drug-likeness (QED) is 0.774. The van der Waals surface area contributed by atoms with Crippen LogP contribution < -0.4 is 5.32 Å². The largest absolute Gasteiger partial charge is 0.349 e. The average molecular weight is 239 g/mol. The number of amides is 1. The maximum atomic E-state index is 11.8. The number of carbonyl (C=O) groups excluding carboxylic acids is 2. The summed E-state index contributed by atoms with van der Waals surface area (Å²) in [4.78, 5) is 22.5. The molecule has 0 aromatic carbocycles. The second-order valence-electron chi connectivity index (χ2n) is 5.28. The Morgan fingerprint density at radius 3 is 2.35 bits per heavy atom. The first-order valence-electron chi connectivity index (χ1n) is 6.90. The van der Waals surface area contributed by atoms with Gasteiger partial charge in [0.15, 0.2) is 0 Å². The molecule has 1 fully saturated rings. The molecule has 17 heavy (non-hydrogen) atoms. The smallest absolute Gasteiger partial charge is 0.223 e. The Bertz CT molecular complexity index is 255. The van der Waals surface area contributed by atoms with E-state index >= 15 is 0 Å². The van der Waals surface area contributed by atoms with Gasteiger partial charge in [0, 0.05) is 5.92 Å². The van der Waals surface area contributed by atoms with Gasteiger partial charge < -0.3 is 5.32 Å². The van der Waals surface area contributed by atoms with Gasteiger partial charge in [-0.15, -0.1) is 0 Å². The van der Waals surface area contributed by atoms with Crippen molar-refractivity contribution in [2.75, 3.05) is 6.54 Å². The predicted octanol–water partition coefficient (Wildman–Crippen LogP) is 2.69. The molecule has 0 bridgehead atoms. The second-order valence-corrected chi connectivity index (χ2v) is 5.28. The third-order valence-corrected chi connectivity index (χ3v) is 3.70. The molecule has 1 rings (SSSR count). The average Bonchev–Trinajstić information content (AvgIpc) is 2.34. The molecule has 1 N–H and O–H groups in total. The molecule has 0 aliphatic heterocycles. The highest BCUT2D eigenvalue weighted by atomic mass is 16.2. The van der Waals surface area contributed by atoms with Crippen LogP contribution >= 0.6 is 0 Å². The van der Waals surface area contributed by atoms with Crippen LogP contribution in [0.15, 0.2) is 0 Å². The fourth-order valence-corrected chi connectivity index (χ4v) is 2.56. The van der Waals surface area contributed by atoms with Crippen LogP contribution in [0.25, 0.3) is 0 Å². The molecule has 0 atom stereocenters. The zero-order valence-corrected chi connectivity index (χ0v) is 11.1. The van der Waals surface area contributed by atoms with Gasteiger partial charge in [0.1, 0.15) is 5.78 Å². The molecule has 0 unspecified atom stereocenters. The Morgan fingerprint density at radius 2 is 1.82 bits per heavy atom. The number of rotatable bonds is 6. The van der Waals surface area contributed by atoms with Crippen molar-refractivity contribution < 1.29 is 9.59 Å². The van der Waals surface area contributed by atoms with E-state index in [0.29, 0.717) is 0 Å². The maximum Gasteiger partial charge on any atom is 0.223 e. The van der Waals surface area contributed by atoms with E-state index in [-0.39, 0.29) is 24.2 Å². The predicted molar refractivity (Wildman–Crippen MR) is 68.7 cm³/mol. The van der Waals surface area contributed by atoms with Crippen molar-refractivity contribution in [2.24, 2.45) is 11.8 Å². The summed E-state index contributed by atoms with van der Waals surface area (Å²) < 4.78 is 0. The zero-order valence-electron chi connectivity index (χ0n) is 11.1. The molecule has 0 spiro atoms. The molecule has 1 aliphatic carbocycles. The summed E-state index contributed by atoms with van der Waals surface area (Å²) in [5.74, 6) is 1.07. The normalized spacial score (nSPS) is 24.4. The van der Waals surface area contributed by atoms with Crippen molar-refractivity contribution in [3.05, 3.63) is 0 Å². The van der Waals surface area contributed by atoms with Crippen molar-refractivity contribution in [1.29, 1.82) is 0 Å². The Hall–Kier alpha value is -0.860. The van der Waals surface area contributed by atoms with E-state index in [9.17, 15) is 9.59 Å². The van der Waals surface area contributed by atoms with Crippen LogP contribution in [0.2, 0.25) is 0 Å². The van der Waals surface area contributed by atoms with E-state index < -0.39 is 0 Å². The lowest BCUT2D eigenvalue weighted by Crippen LogP contribution is -2.35. The van der Waals surface area contributed by atoms with Crippen LogP contribution in [0.1, 0.15) is 58.8 Å². The number of Topliss-reactive ketones (excluding diaryl/α,β-unsaturated/α-hetero) is 1. The van der Waals surface area contributed by atoms with Crippen molar-refractivity contribution in [3.8, 4) is 0 Å². The van der Waals surface area contributed by atoms with Crippen molar-refractivity contribution in [1.82, 2.24) is 5.32 Å². The highest BCUT2D eigenvalue weighted by molar-refractivity contribution is 5.85. The SMILES string of the molecule is CCCCC1CCC(C(=O)NCC(C)=O)CC1. The Labute approximate surface area is 104 Å². The molecule has 3 nitrogen and oxygen atoms in total. The fraction of sp³-hybridized carbons (Fsp3) is 0.857. The minimum atomic E-state index is 0.0231. The van der Waals surface area contributed by atoms with Crippen LogP contribution in [-0.4, -0.2) is 18.2 Å². The molecule has 0 aromatic rings. The first kappa shape index (κ1) is 14.2. The van der Waals surface area contributed by atoms with Gasteiger partial charge in [-0.2, -0.15) is 0 Å². The highest BCUT2D eigenvalue weighted by Gasteiger charge is 2.25. The van der Waals surface area contributed by atoms with Gasteiger partial charge in [0.25, 0.3) is 0 Å². The van der Waals surface area contributed by atoms with Crippen molar-refractivity contribution in [3.63, 3.8) is 0 Å². The number of hydrogen-bond acceptors (Lipinski definition) is 2. The molecular formula is C14H25NO2. The maximum absolute atomic E-state index is 11.8. The summed E-state index contributed by atoms with van der Waals surface area (Å²) in [5.41, 5.74) is 0. The van der Waals surface area contributed by atoms with E-state index in [1.165, 1.54) is 39.0 Å². The summed E-state index contributed by atoms with van der Waals surface area (Å²) in [7, 11) is 0. The number of hydrogen-bond donors (Lipinski definition) is 1. The van der Waals surface area contributed by atoms with Gasteiger partial charge in [-0.25, -0.2) is 0 Å².